The third-order valence-corrected chi connectivity index (χ3v) is 1.76. The molecule has 6 heteroatoms. The number of carboxylic acid groups (broad SMARTS) is 1. The lowest BCUT2D eigenvalue weighted by Crippen LogP contribution is -1.99. The molecule has 0 amide bonds. The molecule has 0 aromatic carbocycles. The average molecular weight is 193 g/mol. The summed E-state index contributed by atoms with van der Waals surface area (Å²) in [4.78, 5) is 14.6. The lowest BCUT2D eigenvalue weighted by Gasteiger charge is -1.93. The van der Waals surface area contributed by atoms with Crippen molar-refractivity contribution in [2.75, 3.05) is 0 Å². The summed E-state index contributed by atoms with van der Waals surface area (Å²) in [6, 6.07) is 2.98. The molecule has 2 aromatic rings. The van der Waals surface area contributed by atoms with Crippen molar-refractivity contribution in [1.82, 2.24) is 14.6 Å². The largest absolute Gasteiger partial charge is 0.478 e. The first-order valence-corrected chi connectivity index (χ1v) is 3.90. The molecule has 6 nitrogen and oxygen atoms in total. The first-order valence-electron chi connectivity index (χ1n) is 3.90. The van der Waals surface area contributed by atoms with E-state index in [2.05, 4.69) is 10.1 Å². The Labute approximate surface area is 78.4 Å². The molecular weight excluding hydrogens is 186 g/mol. The fourth-order valence-corrected chi connectivity index (χ4v) is 1.12. The van der Waals surface area contributed by atoms with E-state index in [9.17, 15) is 4.79 Å². The van der Waals surface area contributed by atoms with Crippen LogP contribution in [0.4, 0.5) is 0 Å². The van der Waals surface area contributed by atoms with Crippen LogP contribution in [0.2, 0.25) is 0 Å². The molecule has 0 aliphatic heterocycles. The van der Waals surface area contributed by atoms with Crippen LogP contribution >= 0.6 is 0 Å². The van der Waals surface area contributed by atoms with Crippen LogP contribution in [0.15, 0.2) is 18.3 Å². The highest BCUT2D eigenvalue weighted by Crippen LogP contribution is 2.04. The second-order valence-corrected chi connectivity index (χ2v) is 2.71. The van der Waals surface area contributed by atoms with Gasteiger partial charge in [0.2, 0.25) is 0 Å². The van der Waals surface area contributed by atoms with Crippen molar-refractivity contribution in [3.05, 3.63) is 29.7 Å². The van der Waals surface area contributed by atoms with Crippen LogP contribution in [0, 0.1) is 0 Å². The molecule has 72 valence electrons. The third kappa shape index (κ3) is 1.31. The maximum Gasteiger partial charge on any atom is 0.337 e. The number of carboxylic acids is 1. The van der Waals surface area contributed by atoms with Gasteiger partial charge in [-0.1, -0.05) is 0 Å². The first-order chi connectivity index (χ1) is 6.70. The van der Waals surface area contributed by atoms with Crippen LogP contribution in [0.3, 0.4) is 0 Å². The Morgan fingerprint density at radius 2 is 2.29 bits per heavy atom. The van der Waals surface area contributed by atoms with Gasteiger partial charge in [-0.15, -0.1) is 5.10 Å². The summed E-state index contributed by atoms with van der Waals surface area (Å²) in [5.74, 6) is -0.750. The van der Waals surface area contributed by atoms with Crippen molar-refractivity contribution < 1.29 is 15.0 Å². The van der Waals surface area contributed by atoms with Gasteiger partial charge in [-0.05, 0) is 12.1 Å². The van der Waals surface area contributed by atoms with Crippen molar-refractivity contribution in [3.63, 3.8) is 0 Å². The topological polar surface area (TPSA) is 87.7 Å². The SMILES string of the molecule is O=C(O)c1ccc2nc(CO)nn2c1. The zero-order chi connectivity index (χ0) is 10.1. The molecule has 0 atom stereocenters. The van der Waals surface area contributed by atoms with Crippen LogP contribution in [0.25, 0.3) is 5.65 Å². The molecule has 2 rings (SSSR count). The second kappa shape index (κ2) is 3.08. The van der Waals surface area contributed by atoms with Crippen LogP contribution < -0.4 is 0 Å². The summed E-state index contributed by atoms with van der Waals surface area (Å²) < 4.78 is 1.33. The number of nitrogens with zero attached hydrogens (tertiary/aromatic N) is 3. The molecule has 0 spiro atoms. The van der Waals surface area contributed by atoms with Crippen LogP contribution in [-0.2, 0) is 6.61 Å². The monoisotopic (exact) mass is 193 g/mol. The number of carbonyl (C=O) groups is 1. The maximum atomic E-state index is 10.6. The molecule has 0 unspecified atom stereocenters. The van der Waals surface area contributed by atoms with Gasteiger partial charge in [-0.3, -0.25) is 0 Å². The highest BCUT2D eigenvalue weighted by atomic mass is 16.4. The first kappa shape index (κ1) is 8.64. The van der Waals surface area contributed by atoms with E-state index in [4.69, 9.17) is 10.2 Å². The molecule has 0 aliphatic carbocycles. The normalized spacial score (nSPS) is 10.6. The van der Waals surface area contributed by atoms with Gasteiger partial charge in [0.25, 0.3) is 0 Å². The number of aromatic nitrogens is 3. The Hall–Kier alpha value is -1.95. The summed E-state index contributed by atoms with van der Waals surface area (Å²) in [6.07, 6.45) is 1.35. The van der Waals surface area contributed by atoms with Crippen molar-refractivity contribution in [1.29, 1.82) is 0 Å². The van der Waals surface area contributed by atoms with Crippen molar-refractivity contribution in [3.8, 4) is 0 Å². The Morgan fingerprint density at radius 1 is 1.50 bits per heavy atom. The number of hydrogen-bond acceptors (Lipinski definition) is 4. The van der Waals surface area contributed by atoms with E-state index in [1.165, 1.54) is 22.8 Å². The quantitative estimate of drug-likeness (QED) is 0.696. The van der Waals surface area contributed by atoms with Crippen molar-refractivity contribution in [2.24, 2.45) is 0 Å². The Kier molecular flexibility index (Phi) is 1.90. The highest BCUT2D eigenvalue weighted by molar-refractivity contribution is 5.87. The second-order valence-electron chi connectivity index (χ2n) is 2.71. The zero-order valence-corrected chi connectivity index (χ0v) is 7.08. The van der Waals surface area contributed by atoms with Crippen LogP contribution in [-0.4, -0.2) is 30.8 Å². The molecule has 2 heterocycles. The summed E-state index contributed by atoms with van der Waals surface area (Å²) >= 11 is 0. The van der Waals surface area contributed by atoms with Gasteiger partial charge in [-0.25, -0.2) is 14.3 Å². The molecule has 2 aromatic heterocycles. The van der Waals surface area contributed by atoms with Crippen molar-refractivity contribution >= 4 is 11.6 Å². The fraction of sp³-hybridized carbons (Fsp3) is 0.125. The van der Waals surface area contributed by atoms with E-state index in [0.29, 0.717) is 5.65 Å². The van der Waals surface area contributed by atoms with Gasteiger partial charge in [0.05, 0.1) is 5.56 Å². The van der Waals surface area contributed by atoms with E-state index in [1.54, 1.807) is 0 Å². The van der Waals surface area contributed by atoms with Crippen molar-refractivity contribution in [2.45, 2.75) is 6.61 Å². The smallest absolute Gasteiger partial charge is 0.337 e. The lowest BCUT2D eigenvalue weighted by molar-refractivity contribution is 0.0696. The van der Waals surface area contributed by atoms with E-state index in [0.717, 1.165) is 0 Å². The molecule has 0 saturated carbocycles. The van der Waals surface area contributed by atoms with Crippen LogP contribution in [0.1, 0.15) is 16.2 Å². The van der Waals surface area contributed by atoms with E-state index in [-0.39, 0.29) is 18.0 Å². The fourth-order valence-electron chi connectivity index (χ4n) is 1.12. The highest BCUT2D eigenvalue weighted by Gasteiger charge is 2.06. The number of rotatable bonds is 2. The summed E-state index contributed by atoms with van der Waals surface area (Å²) in [5, 5.41) is 21.3. The predicted octanol–water partition coefficient (Wildman–Crippen LogP) is -0.0802. The number of hydrogen-bond donors (Lipinski definition) is 2. The molecule has 0 aliphatic rings. The van der Waals surface area contributed by atoms with Gasteiger partial charge in [0.1, 0.15) is 6.61 Å². The zero-order valence-electron chi connectivity index (χ0n) is 7.08. The minimum atomic E-state index is -1.02. The number of aliphatic hydroxyl groups excluding tert-OH is 1. The minimum absolute atomic E-state index is 0.131. The summed E-state index contributed by atoms with van der Waals surface area (Å²) in [6.45, 7) is -0.260. The average Bonchev–Trinajstić information content (AvgIpc) is 2.58. The Bertz CT molecular complexity index is 492. The lowest BCUT2D eigenvalue weighted by atomic mass is 10.3. The standard InChI is InChI=1S/C8H7N3O3/c12-4-6-9-7-2-1-5(8(13)14)3-11(7)10-6/h1-3,12H,4H2,(H,13,14). The summed E-state index contributed by atoms with van der Waals surface area (Å²) in [7, 11) is 0. The predicted molar refractivity (Wildman–Crippen MR) is 45.9 cm³/mol. The van der Waals surface area contributed by atoms with E-state index < -0.39 is 5.97 Å². The third-order valence-electron chi connectivity index (χ3n) is 1.76. The van der Waals surface area contributed by atoms with Crippen LogP contribution in [0.5, 0.6) is 0 Å². The Balaban J connectivity index is 2.59. The molecule has 2 N–H and O–H groups in total. The molecule has 0 fully saturated rings. The summed E-state index contributed by atoms with van der Waals surface area (Å²) in [5.41, 5.74) is 0.644. The number of aliphatic hydroxyl groups is 1. The van der Waals surface area contributed by atoms with E-state index in [1.807, 2.05) is 0 Å². The Morgan fingerprint density at radius 3 is 2.93 bits per heavy atom. The van der Waals surface area contributed by atoms with Gasteiger partial charge < -0.3 is 10.2 Å². The van der Waals surface area contributed by atoms with Gasteiger partial charge in [-0.2, -0.15) is 0 Å². The number of pyridine rings is 1. The van der Waals surface area contributed by atoms with Gasteiger partial charge in [0, 0.05) is 6.20 Å². The molecule has 0 saturated heterocycles. The van der Waals surface area contributed by atoms with Gasteiger partial charge >= 0.3 is 5.97 Å². The molecule has 14 heavy (non-hydrogen) atoms. The molecular formula is C8H7N3O3. The minimum Gasteiger partial charge on any atom is -0.478 e. The number of fused-ring (bicyclic) bond motifs is 1. The number of aromatic carboxylic acids is 1. The molecule has 0 bridgehead atoms. The molecule has 0 radical (unpaired) electrons. The van der Waals surface area contributed by atoms with Gasteiger partial charge in [0.15, 0.2) is 11.5 Å². The maximum absolute atomic E-state index is 10.6. The van der Waals surface area contributed by atoms with E-state index >= 15 is 0 Å².